The number of hydrogen-bond donors (Lipinski definition) is 3. The van der Waals surface area contributed by atoms with Crippen LogP contribution in [0.15, 0.2) is 60.7 Å². The van der Waals surface area contributed by atoms with Crippen molar-refractivity contribution in [2.24, 2.45) is 5.73 Å². The maximum atomic E-state index is 10.6. The molecule has 0 heterocycles. The third-order valence-corrected chi connectivity index (χ3v) is 5.55. The third-order valence-electron chi connectivity index (χ3n) is 3.14. The van der Waals surface area contributed by atoms with E-state index in [1.807, 2.05) is 48.5 Å². The zero-order valence-electron chi connectivity index (χ0n) is 10.6. The van der Waals surface area contributed by atoms with Crippen LogP contribution >= 0.6 is 7.11 Å². The van der Waals surface area contributed by atoms with Gasteiger partial charge < -0.3 is 15.7 Å². The number of benzene rings is 2. The summed E-state index contributed by atoms with van der Waals surface area (Å²) in [5, 5.41) is 10.3. The van der Waals surface area contributed by atoms with Gasteiger partial charge in [-0.05, 0) is 11.1 Å². The van der Waals surface area contributed by atoms with Crippen LogP contribution in [0.2, 0.25) is 0 Å². The monoisotopic (exact) mass is 275 g/mol. The van der Waals surface area contributed by atoms with Crippen LogP contribution in [0.5, 0.6) is 0 Å². The maximum absolute atomic E-state index is 10.6. The summed E-state index contributed by atoms with van der Waals surface area (Å²) in [6.45, 7) is 0. The fourth-order valence-corrected chi connectivity index (χ4v) is 3.62. The van der Waals surface area contributed by atoms with Crippen molar-refractivity contribution in [3.63, 3.8) is 0 Å². The minimum atomic E-state index is -2.99. The quantitative estimate of drug-likeness (QED) is 0.752. The van der Waals surface area contributed by atoms with Crippen LogP contribution in [0.25, 0.3) is 0 Å². The molecule has 0 saturated heterocycles. The molecule has 100 valence electrons. The van der Waals surface area contributed by atoms with E-state index in [2.05, 4.69) is 6.30 Å². The third kappa shape index (κ3) is 2.96. The van der Waals surface area contributed by atoms with Gasteiger partial charge in [-0.25, -0.2) is 0 Å². The van der Waals surface area contributed by atoms with Crippen LogP contribution in [-0.2, 0) is 0 Å². The van der Waals surface area contributed by atoms with Crippen LogP contribution in [0.1, 0.15) is 22.8 Å². The van der Waals surface area contributed by atoms with E-state index < -0.39 is 18.7 Å². The minimum Gasteiger partial charge on any atom is -0.382 e. The Hall–Kier alpha value is -1.38. The number of hydrogen-bond acceptors (Lipinski definition) is 3. The van der Waals surface area contributed by atoms with Gasteiger partial charge in [0, 0.05) is 7.11 Å². The highest BCUT2D eigenvalue weighted by Gasteiger charge is 2.30. The van der Waals surface area contributed by atoms with E-state index in [1.165, 1.54) is 0 Å². The lowest BCUT2D eigenvalue weighted by Gasteiger charge is -2.30. The first-order chi connectivity index (χ1) is 9.03. The summed E-state index contributed by atoms with van der Waals surface area (Å²) in [5.74, 6) is -1.70. The largest absolute Gasteiger partial charge is 0.382 e. The molecule has 2 aromatic rings. The van der Waals surface area contributed by atoms with Gasteiger partial charge >= 0.3 is 0 Å². The van der Waals surface area contributed by atoms with E-state index in [4.69, 9.17) is 5.73 Å². The van der Waals surface area contributed by atoms with Gasteiger partial charge in [0.05, 0.1) is 5.78 Å². The molecule has 2 rings (SSSR count). The summed E-state index contributed by atoms with van der Waals surface area (Å²) in [6, 6.07) is 18.2. The van der Waals surface area contributed by atoms with Crippen molar-refractivity contribution in [3.8, 4) is 0 Å². The normalized spacial score (nSPS) is 17.4. The summed E-state index contributed by atoms with van der Waals surface area (Å²) < 4.78 is 0. The lowest BCUT2D eigenvalue weighted by atomic mass is 10.2. The van der Waals surface area contributed by atoms with Gasteiger partial charge in [0.2, 0.25) is 0 Å². The molecule has 3 atom stereocenters. The van der Waals surface area contributed by atoms with E-state index in [-0.39, 0.29) is 0 Å². The standard InChI is InChI=1S/C15H18NO2P/c1-19(18,14(16)12-8-4-2-5-9-12)15(17)13-10-6-3-7-11-13/h2-11,14-15,17-18H,1,16H2/t14-,15-,19?/m1/s1. The summed E-state index contributed by atoms with van der Waals surface area (Å²) in [5.41, 5.74) is 7.51. The van der Waals surface area contributed by atoms with Gasteiger partial charge in [0.15, 0.2) is 0 Å². The Morgan fingerprint density at radius 2 is 1.32 bits per heavy atom. The summed E-state index contributed by atoms with van der Waals surface area (Å²) in [7, 11) is -2.99. The molecule has 3 nitrogen and oxygen atoms in total. The van der Waals surface area contributed by atoms with E-state index >= 15 is 0 Å². The molecule has 0 bridgehead atoms. The first-order valence-corrected chi connectivity index (χ1v) is 8.09. The molecular formula is C15H18NO2P. The van der Waals surface area contributed by atoms with Crippen molar-refractivity contribution < 1.29 is 10.00 Å². The predicted molar refractivity (Wildman–Crippen MR) is 81.0 cm³/mol. The average Bonchev–Trinajstić information content (AvgIpc) is 2.47. The summed E-state index contributed by atoms with van der Waals surface area (Å²) in [6.07, 6.45) is 3.81. The Morgan fingerprint density at radius 1 is 0.895 bits per heavy atom. The molecule has 0 saturated carbocycles. The molecule has 0 amide bonds. The lowest BCUT2D eigenvalue weighted by Crippen LogP contribution is -2.15. The molecule has 4 heteroatoms. The molecule has 0 spiro atoms. The second-order valence-corrected chi connectivity index (χ2v) is 7.35. The molecule has 0 radical (unpaired) electrons. The first kappa shape index (κ1) is 14.0. The highest BCUT2D eigenvalue weighted by atomic mass is 31.2. The second kappa shape index (κ2) is 5.72. The molecule has 0 fully saturated rings. The Kier molecular flexibility index (Phi) is 4.23. The molecule has 19 heavy (non-hydrogen) atoms. The van der Waals surface area contributed by atoms with E-state index in [1.54, 1.807) is 12.1 Å². The Morgan fingerprint density at radius 3 is 1.79 bits per heavy atom. The molecule has 0 aliphatic carbocycles. The minimum absolute atomic E-state index is 0.639. The predicted octanol–water partition coefficient (Wildman–Crippen LogP) is 2.69. The van der Waals surface area contributed by atoms with E-state index in [0.717, 1.165) is 5.56 Å². The van der Waals surface area contributed by atoms with Crippen LogP contribution in [0.4, 0.5) is 0 Å². The topological polar surface area (TPSA) is 66.5 Å². The van der Waals surface area contributed by atoms with Crippen LogP contribution in [-0.4, -0.2) is 16.3 Å². The molecule has 0 aliphatic rings. The first-order valence-electron chi connectivity index (χ1n) is 6.02. The van der Waals surface area contributed by atoms with Gasteiger partial charge in [0.25, 0.3) is 0 Å². The maximum Gasteiger partial charge on any atom is 0.122 e. The SMILES string of the molecule is C=P(O)([C@@H](N)c1ccccc1)[C@@H](O)c1ccccc1. The summed E-state index contributed by atoms with van der Waals surface area (Å²) >= 11 is 0. The molecule has 1 unspecified atom stereocenters. The van der Waals surface area contributed by atoms with Crippen molar-refractivity contribution >= 4 is 13.4 Å². The average molecular weight is 275 g/mol. The van der Waals surface area contributed by atoms with E-state index in [9.17, 15) is 10.00 Å². The number of rotatable bonds is 4. The highest BCUT2D eigenvalue weighted by molar-refractivity contribution is 7.68. The van der Waals surface area contributed by atoms with Crippen LogP contribution < -0.4 is 5.73 Å². The van der Waals surface area contributed by atoms with Crippen molar-refractivity contribution in [1.29, 1.82) is 0 Å². The Balaban J connectivity index is 2.30. The van der Waals surface area contributed by atoms with Gasteiger partial charge in [-0.2, -0.15) is 0 Å². The highest BCUT2D eigenvalue weighted by Crippen LogP contribution is 2.61. The van der Waals surface area contributed by atoms with Crippen molar-refractivity contribution in [3.05, 3.63) is 71.8 Å². The van der Waals surface area contributed by atoms with Crippen molar-refractivity contribution in [2.45, 2.75) is 11.6 Å². The van der Waals surface area contributed by atoms with Crippen LogP contribution in [0, 0.1) is 0 Å². The molecule has 0 aromatic heterocycles. The fourth-order valence-electron chi connectivity index (χ4n) is 1.94. The number of aliphatic hydroxyl groups is 1. The smallest absolute Gasteiger partial charge is 0.122 e. The summed E-state index contributed by atoms with van der Waals surface area (Å²) in [4.78, 5) is 10.6. The molecule has 4 N–H and O–H groups in total. The molecule has 0 aliphatic heterocycles. The van der Waals surface area contributed by atoms with Crippen molar-refractivity contribution in [2.75, 3.05) is 0 Å². The van der Waals surface area contributed by atoms with E-state index in [0.29, 0.717) is 5.56 Å². The van der Waals surface area contributed by atoms with Gasteiger partial charge in [-0.1, -0.05) is 67.0 Å². The number of nitrogens with two attached hydrogens (primary N) is 1. The lowest BCUT2D eigenvalue weighted by molar-refractivity contribution is 0.248. The molecule has 2 aromatic carbocycles. The van der Waals surface area contributed by atoms with Gasteiger partial charge in [-0.3, -0.25) is 0 Å². The zero-order chi connectivity index (χ0) is 13.9. The Bertz CT molecular complexity index is 522. The van der Waals surface area contributed by atoms with Gasteiger partial charge in [-0.15, -0.1) is 0 Å². The van der Waals surface area contributed by atoms with Crippen molar-refractivity contribution in [1.82, 2.24) is 0 Å². The fraction of sp³-hybridized carbons (Fsp3) is 0.133. The molecular weight excluding hydrogens is 257 g/mol. The second-order valence-electron chi connectivity index (χ2n) is 4.53. The van der Waals surface area contributed by atoms with Gasteiger partial charge in [0.1, 0.15) is 5.85 Å². The van der Waals surface area contributed by atoms with Crippen LogP contribution in [0.3, 0.4) is 0 Å². The number of aliphatic hydroxyl groups excluding tert-OH is 1. The Labute approximate surface area is 113 Å². The zero-order valence-corrected chi connectivity index (χ0v) is 11.4.